The van der Waals surface area contributed by atoms with Crippen molar-refractivity contribution in [3.05, 3.63) is 102 Å². The number of nitriles is 2. The molecule has 0 fully saturated rings. The Balaban J connectivity index is 1.45. The fraction of sp³-hybridized carbons (Fsp3) is 0.161. The number of nitrogens with one attached hydrogen (secondary N) is 2. The number of H-pyrrole nitrogens is 1. The second-order valence-corrected chi connectivity index (χ2v) is 11.8. The number of para-hydroxylation sites is 1. The van der Waals surface area contributed by atoms with E-state index in [9.17, 15) is 13.7 Å². The van der Waals surface area contributed by atoms with E-state index in [0.29, 0.717) is 40.0 Å². The lowest BCUT2D eigenvalue weighted by molar-refractivity contribution is 0.553. The van der Waals surface area contributed by atoms with Crippen LogP contribution in [0.15, 0.2) is 88.3 Å². The first-order valence-corrected chi connectivity index (χ1v) is 15.1. The molecule has 2 N–H and O–H groups in total. The Morgan fingerprint density at radius 1 is 1.07 bits per heavy atom. The van der Waals surface area contributed by atoms with Crippen LogP contribution in [0.1, 0.15) is 41.6 Å². The summed E-state index contributed by atoms with van der Waals surface area (Å²) in [6, 6.07) is 24.0. The summed E-state index contributed by atoms with van der Waals surface area (Å²) < 4.78 is 36.7. The van der Waals surface area contributed by atoms with Crippen molar-refractivity contribution in [1.29, 1.82) is 10.5 Å². The van der Waals surface area contributed by atoms with Gasteiger partial charge in [-0.15, -0.1) is 10.2 Å². The van der Waals surface area contributed by atoms with E-state index in [-0.39, 0.29) is 23.6 Å². The Bertz CT molecular complexity index is 2140. The average molecular weight is 604 g/mol. The Labute approximate surface area is 252 Å². The van der Waals surface area contributed by atoms with Crippen molar-refractivity contribution in [2.75, 3.05) is 9.62 Å². The number of sulfonamides is 1. The highest BCUT2D eigenvalue weighted by Gasteiger charge is 2.36. The van der Waals surface area contributed by atoms with Crippen molar-refractivity contribution in [3.63, 3.8) is 0 Å². The van der Waals surface area contributed by atoms with Gasteiger partial charge >= 0.3 is 0 Å². The molecule has 0 aliphatic carbocycles. The molecule has 0 amide bonds. The molecule has 1 atom stereocenters. The zero-order valence-corrected chi connectivity index (χ0v) is 24.3. The SMILES string of the molecule is Cc1c(CNc2ccc(C#N)cc2)oc2cc(N(C(CCC#N)c3nn[nH]n3)S(=O)(=O)c3cccc4cccnc34)ccc12. The number of fused-ring (bicyclic) bond motifs is 2. The van der Waals surface area contributed by atoms with E-state index in [2.05, 4.69) is 43.1 Å². The van der Waals surface area contributed by atoms with Crippen LogP contribution in [0.5, 0.6) is 0 Å². The normalized spacial score (nSPS) is 12.1. The molecule has 1 unspecified atom stereocenters. The third kappa shape index (κ3) is 5.28. The number of aromatic nitrogens is 5. The van der Waals surface area contributed by atoms with Gasteiger partial charge in [0.2, 0.25) is 0 Å². The standard InChI is InChI=1S/C31H25N9O3S/c1-20-25-14-13-24(17-27(25)43-28(20)19-35-23-11-9-21(18-33)10-12-23)40(26(7-3-15-32)31-36-38-39-37-31)44(41,42)29-8-2-5-22-6-4-16-34-30(22)29/h2,4-6,8-14,16-17,26,35H,3,7,19H2,1H3,(H,36,37,38,39). The van der Waals surface area contributed by atoms with E-state index in [1.807, 2.05) is 25.1 Å². The zero-order chi connectivity index (χ0) is 30.7. The minimum absolute atomic E-state index is 0.00378. The molecular formula is C31H25N9O3S. The van der Waals surface area contributed by atoms with Gasteiger partial charge in [-0.1, -0.05) is 23.4 Å². The maximum Gasteiger partial charge on any atom is 0.267 e. The van der Waals surface area contributed by atoms with Crippen molar-refractivity contribution in [3.8, 4) is 12.1 Å². The highest BCUT2D eigenvalue weighted by Crippen LogP contribution is 2.39. The van der Waals surface area contributed by atoms with Gasteiger partial charge in [0.1, 0.15) is 22.3 Å². The molecule has 3 aromatic heterocycles. The van der Waals surface area contributed by atoms with Crippen LogP contribution in [0.4, 0.5) is 11.4 Å². The van der Waals surface area contributed by atoms with Gasteiger partial charge in [0, 0.05) is 40.7 Å². The number of anilines is 2. The van der Waals surface area contributed by atoms with Crippen LogP contribution >= 0.6 is 0 Å². The molecule has 0 aliphatic heterocycles. The van der Waals surface area contributed by atoms with Gasteiger partial charge in [-0.05, 0) is 61.9 Å². The maximum absolute atomic E-state index is 14.6. The van der Waals surface area contributed by atoms with Crippen LogP contribution in [-0.4, -0.2) is 34.0 Å². The predicted octanol–water partition coefficient (Wildman–Crippen LogP) is 5.53. The van der Waals surface area contributed by atoms with Crippen LogP contribution in [-0.2, 0) is 16.6 Å². The number of aryl methyl sites for hydroxylation is 1. The van der Waals surface area contributed by atoms with E-state index < -0.39 is 16.1 Å². The summed E-state index contributed by atoms with van der Waals surface area (Å²) >= 11 is 0. The molecule has 0 saturated heterocycles. The number of rotatable bonds is 10. The van der Waals surface area contributed by atoms with Crippen molar-refractivity contribution >= 4 is 43.3 Å². The Kier molecular flexibility index (Phi) is 7.62. The number of benzene rings is 3. The molecule has 0 spiro atoms. The van der Waals surface area contributed by atoms with E-state index >= 15 is 0 Å². The minimum atomic E-state index is -4.30. The van der Waals surface area contributed by atoms with Crippen molar-refractivity contribution in [2.24, 2.45) is 0 Å². The highest BCUT2D eigenvalue weighted by molar-refractivity contribution is 7.93. The molecule has 12 nitrogen and oxygen atoms in total. The summed E-state index contributed by atoms with van der Waals surface area (Å²) in [5, 5.41) is 37.5. The van der Waals surface area contributed by atoms with Gasteiger partial charge in [0.15, 0.2) is 5.82 Å². The molecule has 44 heavy (non-hydrogen) atoms. The summed E-state index contributed by atoms with van der Waals surface area (Å²) in [7, 11) is -4.30. The Morgan fingerprint density at radius 3 is 2.64 bits per heavy atom. The molecule has 0 bridgehead atoms. The minimum Gasteiger partial charge on any atom is -0.459 e. The van der Waals surface area contributed by atoms with E-state index in [1.165, 1.54) is 10.4 Å². The van der Waals surface area contributed by atoms with E-state index in [0.717, 1.165) is 16.6 Å². The van der Waals surface area contributed by atoms with Crippen LogP contribution in [0.3, 0.4) is 0 Å². The number of nitrogens with zero attached hydrogens (tertiary/aromatic N) is 7. The first-order chi connectivity index (χ1) is 21.4. The molecule has 0 saturated carbocycles. The largest absolute Gasteiger partial charge is 0.459 e. The number of aromatic amines is 1. The molecule has 0 radical (unpaired) electrons. The molecule has 6 rings (SSSR count). The van der Waals surface area contributed by atoms with Crippen LogP contribution in [0, 0.1) is 29.6 Å². The second kappa shape index (κ2) is 11.8. The van der Waals surface area contributed by atoms with Crippen molar-refractivity contribution in [2.45, 2.75) is 37.2 Å². The summed E-state index contributed by atoms with van der Waals surface area (Å²) in [5.74, 6) is 0.799. The molecule has 218 valence electrons. The number of pyridine rings is 1. The molecule has 6 aromatic rings. The van der Waals surface area contributed by atoms with Gasteiger partial charge in [0.05, 0.1) is 35.5 Å². The smallest absolute Gasteiger partial charge is 0.267 e. The number of hydrogen-bond donors (Lipinski definition) is 2. The summed E-state index contributed by atoms with van der Waals surface area (Å²) in [6.07, 6.45) is 1.71. The fourth-order valence-corrected chi connectivity index (χ4v) is 6.96. The fourth-order valence-electron chi connectivity index (χ4n) is 5.16. The van der Waals surface area contributed by atoms with Crippen LogP contribution in [0.2, 0.25) is 0 Å². The average Bonchev–Trinajstić information content (AvgIpc) is 3.70. The maximum atomic E-state index is 14.6. The zero-order valence-electron chi connectivity index (χ0n) is 23.5. The molecule has 3 heterocycles. The monoisotopic (exact) mass is 603 g/mol. The molecule has 13 heteroatoms. The summed E-state index contributed by atoms with van der Waals surface area (Å²) in [5.41, 5.74) is 3.40. The van der Waals surface area contributed by atoms with E-state index in [1.54, 1.807) is 54.7 Å². The van der Waals surface area contributed by atoms with Gasteiger partial charge in [0.25, 0.3) is 10.0 Å². The number of furan rings is 1. The van der Waals surface area contributed by atoms with Crippen molar-refractivity contribution < 1.29 is 12.8 Å². The summed E-state index contributed by atoms with van der Waals surface area (Å²) in [6.45, 7) is 2.31. The third-order valence-corrected chi connectivity index (χ3v) is 9.22. The number of hydrogen-bond acceptors (Lipinski definition) is 10. The molecule has 0 aliphatic rings. The van der Waals surface area contributed by atoms with Gasteiger partial charge < -0.3 is 9.73 Å². The third-order valence-electron chi connectivity index (χ3n) is 7.35. The highest BCUT2D eigenvalue weighted by atomic mass is 32.2. The van der Waals surface area contributed by atoms with Crippen LogP contribution < -0.4 is 9.62 Å². The quantitative estimate of drug-likeness (QED) is 0.202. The topological polar surface area (TPSA) is 177 Å². The Morgan fingerprint density at radius 2 is 1.89 bits per heavy atom. The summed E-state index contributed by atoms with van der Waals surface area (Å²) in [4.78, 5) is 4.38. The lowest BCUT2D eigenvalue weighted by atomic mass is 10.1. The first-order valence-electron chi connectivity index (χ1n) is 13.6. The number of tetrazole rings is 1. The second-order valence-electron chi connectivity index (χ2n) is 9.99. The van der Waals surface area contributed by atoms with E-state index in [4.69, 9.17) is 9.68 Å². The predicted molar refractivity (Wildman–Crippen MR) is 163 cm³/mol. The van der Waals surface area contributed by atoms with Crippen molar-refractivity contribution in [1.82, 2.24) is 25.6 Å². The lowest BCUT2D eigenvalue weighted by Gasteiger charge is -2.31. The van der Waals surface area contributed by atoms with Gasteiger partial charge in [-0.25, -0.2) is 8.42 Å². The Hall–Kier alpha value is -5.79. The van der Waals surface area contributed by atoms with Crippen LogP contribution in [0.25, 0.3) is 21.9 Å². The first kappa shape index (κ1) is 28.3. The molecular weight excluding hydrogens is 578 g/mol. The molecule has 3 aromatic carbocycles. The van der Waals surface area contributed by atoms with Gasteiger partial charge in [-0.2, -0.15) is 15.7 Å². The van der Waals surface area contributed by atoms with Gasteiger partial charge in [-0.3, -0.25) is 9.29 Å². The lowest BCUT2D eigenvalue weighted by Crippen LogP contribution is -2.36.